The molecular weight excluding hydrogens is 196 g/mol. The van der Waals surface area contributed by atoms with Crippen molar-refractivity contribution in [2.75, 3.05) is 0 Å². The minimum Gasteiger partial charge on any atom is -0.103 e. The summed E-state index contributed by atoms with van der Waals surface area (Å²) in [5, 5.41) is 4.29. The molecule has 0 heterocycles. The Morgan fingerprint density at radius 2 is 1.87 bits per heavy atom. The molecule has 0 aromatic heterocycles. The third kappa shape index (κ3) is 2.02. The standard InChI is InChI=1S/C14H15Si/c1-3-11-15(2)14-10-6-8-12-7-4-5-9-13(12)14/h3-10H,1,11H2,2H3. The monoisotopic (exact) mass is 211 g/mol. The van der Waals surface area contributed by atoms with Crippen LogP contribution in [-0.2, 0) is 0 Å². The third-order valence-electron chi connectivity index (χ3n) is 2.70. The van der Waals surface area contributed by atoms with Crippen molar-refractivity contribution < 1.29 is 0 Å². The summed E-state index contributed by atoms with van der Waals surface area (Å²) in [5.74, 6) is 0. The van der Waals surface area contributed by atoms with Gasteiger partial charge in [0.2, 0.25) is 0 Å². The molecule has 0 aliphatic rings. The Hall–Kier alpha value is -1.34. The largest absolute Gasteiger partial charge is 0.103 e. The highest BCUT2D eigenvalue weighted by Crippen LogP contribution is 2.12. The van der Waals surface area contributed by atoms with Crippen molar-refractivity contribution in [3.8, 4) is 0 Å². The molecule has 1 heteroatoms. The molecular formula is C14H15Si. The van der Waals surface area contributed by atoms with Crippen molar-refractivity contribution in [1.82, 2.24) is 0 Å². The minimum atomic E-state index is -0.461. The zero-order chi connectivity index (χ0) is 10.7. The van der Waals surface area contributed by atoms with Crippen LogP contribution in [0.2, 0.25) is 12.6 Å². The van der Waals surface area contributed by atoms with E-state index in [9.17, 15) is 0 Å². The second-order valence-corrected chi connectivity index (χ2v) is 6.31. The van der Waals surface area contributed by atoms with Gasteiger partial charge in [0.15, 0.2) is 0 Å². The molecule has 0 saturated carbocycles. The van der Waals surface area contributed by atoms with E-state index in [1.165, 1.54) is 16.0 Å². The molecule has 0 aliphatic carbocycles. The van der Waals surface area contributed by atoms with Gasteiger partial charge in [-0.2, -0.15) is 0 Å². The van der Waals surface area contributed by atoms with Crippen molar-refractivity contribution in [2.24, 2.45) is 0 Å². The van der Waals surface area contributed by atoms with E-state index in [2.05, 4.69) is 55.6 Å². The second-order valence-electron chi connectivity index (χ2n) is 3.80. The summed E-state index contributed by atoms with van der Waals surface area (Å²) in [6, 6.07) is 16.4. The van der Waals surface area contributed by atoms with Gasteiger partial charge < -0.3 is 0 Å². The van der Waals surface area contributed by atoms with E-state index in [4.69, 9.17) is 0 Å². The fourth-order valence-electron chi connectivity index (χ4n) is 1.92. The lowest BCUT2D eigenvalue weighted by atomic mass is 10.1. The fourth-order valence-corrected chi connectivity index (χ4v) is 3.65. The van der Waals surface area contributed by atoms with E-state index in [1.54, 1.807) is 0 Å². The number of rotatable bonds is 3. The van der Waals surface area contributed by atoms with Gasteiger partial charge in [-0.05, 0) is 16.8 Å². The lowest BCUT2D eigenvalue weighted by Crippen LogP contribution is -2.26. The van der Waals surface area contributed by atoms with Gasteiger partial charge in [-0.3, -0.25) is 0 Å². The zero-order valence-corrected chi connectivity index (χ0v) is 10.0. The Morgan fingerprint density at radius 3 is 2.67 bits per heavy atom. The van der Waals surface area contributed by atoms with Crippen LogP contribution in [0, 0.1) is 0 Å². The summed E-state index contributed by atoms with van der Waals surface area (Å²) in [6.07, 6.45) is 2.04. The number of hydrogen-bond donors (Lipinski definition) is 0. The van der Waals surface area contributed by atoms with Gasteiger partial charge in [0, 0.05) is 0 Å². The van der Waals surface area contributed by atoms with Crippen LogP contribution in [0.4, 0.5) is 0 Å². The maximum atomic E-state index is 3.83. The van der Waals surface area contributed by atoms with Crippen molar-refractivity contribution in [3.05, 3.63) is 55.1 Å². The molecule has 1 radical (unpaired) electrons. The van der Waals surface area contributed by atoms with Gasteiger partial charge >= 0.3 is 0 Å². The molecule has 0 N–H and O–H groups in total. The smallest absolute Gasteiger partial charge is 0.0871 e. The molecule has 15 heavy (non-hydrogen) atoms. The van der Waals surface area contributed by atoms with Crippen LogP contribution in [0.15, 0.2) is 55.1 Å². The molecule has 0 amide bonds. The first-order valence-corrected chi connectivity index (χ1v) is 7.45. The molecule has 0 atom stereocenters. The van der Waals surface area contributed by atoms with Crippen LogP contribution in [0.1, 0.15) is 0 Å². The van der Waals surface area contributed by atoms with E-state index < -0.39 is 8.80 Å². The normalized spacial score (nSPS) is 10.8. The van der Waals surface area contributed by atoms with Crippen molar-refractivity contribution in [1.29, 1.82) is 0 Å². The average Bonchev–Trinajstić information content (AvgIpc) is 2.28. The number of benzene rings is 2. The van der Waals surface area contributed by atoms with Crippen molar-refractivity contribution in [2.45, 2.75) is 12.6 Å². The van der Waals surface area contributed by atoms with Gasteiger partial charge in [0.25, 0.3) is 0 Å². The first-order chi connectivity index (χ1) is 7.33. The molecule has 2 aromatic rings. The number of allylic oxidation sites excluding steroid dienone is 1. The van der Waals surface area contributed by atoms with E-state index in [0.29, 0.717) is 0 Å². The first-order valence-electron chi connectivity index (χ1n) is 5.24. The van der Waals surface area contributed by atoms with Gasteiger partial charge in [0.1, 0.15) is 0 Å². The quantitative estimate of drug-likeness (QED) is 0.539. The summed E-state index contributed by atoms with van der Waals surface area (Å²) in [7, 11) is -0.461. The molecule has 75 valence electrons. The molecule has 0 fully saturated rings. The lowest BCUT2D eigenvalue weighted by molar-refractivity contribution is 1.65. The van der Waals surface area contributed by atoms with Crippen molar-refractivity contribution in [3.63, 3.8) is 0 Å². The lowest BCUT2D eigenvalue weighted by Gasteiger charge is -2.10. The molecule has 2 rings (SSSR count). The van der Waals surface area contributed by atoms with E-state index >= 15 is 0 Å². The minimum absolute atomic E-state index is 0.461. The molecule has 0 spiro atoms. The van der Waals surface area contributed by atoms with Gasteiger partial charge in [-0.15, -0.1) is 6.58 Å². The highest BCUT2D eigenvalue weighted by Gasteiger charge is 2.08. The Labute approximate surface area is 92.9 Å². The van der Waals surface area contributed by atoms with E-state index in [-0.39, 0.29) is 0 Å². The van der Waals surface area contributed by atoms with E-state index in [0.717, 1.165) is 6.04 Å². The molecule has 0 unspecified atom stereocenters. The van der Waals surface area contributed by atoms with Gasteiger partial charge in [-0.1, -0.05) is 60.3 Å². The Bertz CT molecular complexity index is 468. The average molecular weight is 211 g/mol. The summed E-state index contributed by atoms with van der Waals surface area (Å²) in [6.45, 7) is 6.19. The van der Waals surface area contributed by atoms with Gasteiger partial charge in [0.05, 0.1) is 8.80 Å². The molecule has 0 aliphatic heterocycles. The molecule has 0 bridgehead atoms. The number of fused-ring (bicyclic) bond motifs is 1. The van der Waals surface area contributed by atoms with Crippen molar-refractivity contribution >= 4 is 24.8 Å². The summed E-state index contributed by atoms with van der Waals surface area (Å²) in [5.41, 5.74) is 0. The zero-order valence-electron chi connectivity index (χ0n) is 9.03. The van der Waals surface area contributed by atoms with Crippen LogP contribution >= 0.6 is 0 Å². The van der Waals surface area contributed by atoms with Gasteiger partial charge in [-0.25, -0.2) is 0 Å². The van der Waals surface area contributed by atoms with Crippen LogP contribution < -0.4 is 5.19 Å². The predicted molar refractivity (Wildman–Crippen MR) is 70.2 cm³/mol. The highest BCUT2D eigenvalue weighted by atomic mass is 28.3. The molecule has 0 saturated heterocycles. The summed E-state index contributed by atoms with van der Waals surface area (Å²) in [4.78, 5) is 0. The Kier molecular flexibility index (Phi) is 3.02. The van der Waals surface area contributed by atoms with Crippen LogP contribution in [0.25, 0.3) is 10.8 Å². The van der Waals surface area contributed by atoms with E-state index in [1.807, 2.05) is 6.08 Å². The fraction of sp³-hybridized carbons (Fsp3) is 0.143. The summed E-state index contributed by atoms with van der Waals surface area (Å²) >= 11 is 0. The molecule has 0 nitrogen and oxygen atoms in total. The second kappa shape index (κ2) is 4.45. The van der Waals surface area contributed by atoms with Crippen LogP contribution in [0.3, 0.4) is 0 Å². The topological polar surface area (TPSA) is 0 Å². The SMILES string of the molecule is C=CC[Si](C)c1cccc2ccccc12. The van der Waals surface area contributed by atoms with Crippen LogP contribution in [-0.4, -0.2) is 8.80 Å². The Balaban J connectivity index is 2.55. The van der Waals surface area contributed by atoms with Crippen LogP contribution in [0.5, 0.6) is 0 Å². The third-order valence-corrected chi connectivity index (χ3v) is 4.96. The Morgan fingerprint density at radius 1 is 1.13 bits per heavy atom. The first kappa shape index (κ1) is 10.2. The maximum absolute atomic E-state index is 3.83. The predicted octanol–water partition coefficient (Wildman–Crippen LogP) is 3.36. The number of hydrogen-bond acceptors (Lipinski definition) is 0. The maximum Gasteiger partial charge on any atom is 0.0871 e. The summed E-state index contributed by atoms with van der Waals surface area (Å²) < 4.78 is 0. The molecule has 2 aromatic carbocycles. The highest BCUT2D eigenvalue weighted by molar-refractivity contribution is 6.74.